The predicted molar refractivity (Wildman–Crippen MR) is 144 cm³/mol. The molecule has 2 aliphatic heterocycles. The molecule has 0 unspecified atom stereocenters. The number of nitrogens with zero attached hydrogens (tertiary/aromatic N) is 3. The van der Waals surface area contributed by atoms with Crippen LogP contribution in [-0.2, 0) is 0 Å². The zero-order valence-corrected chi connectivity index (χ0v) is 22.4. The fraction of sp³-hybridized carbons (Fsp3) is 0.708. The van der Waals surface area contributed by atoms with Crippen LogP contribution in [0.4, 0.5) is 5.69 Å². The number of aliphatic imine (C=N–C) groups is 1. The van der Waals surface area contributed by atoms with Crippen molar-refractivity contribution in [1.29, 1.82) is 0 Å². The van der Waals surface area contributed by atoms with Crippen molar-refractivity contribution >= 4 is 35.6 Å². The highest BCUT2D eigenvalue weighted by atomic mass is 127. The maximum Gasteiger partial charge on any atom is 0.191 e. The maximum absolute atomic E-state index is 5.43. The third kappa shape index (κ3) is 8.50. The van der Waals surface area contributed by atoms with Crippen molar-refractivity contribution in [2.24, 2.45) is 4.99 Å². The number of methoxy groups -OCH3 is 2. The van der Waals surface area contributed by atoms with Crippen molar-refractivity contribution in [2.45, 2.75) is 51.5 Å². The number of ether oxygens (including phenoxy) is 2. The summed E-state index contributed by atoms with van der Waals surface area (Å²) in [6, 6.07) is 6.54. The number of benzene rings is 1. The zero-order valence-electron chi connectivity index (χ0n) is 20.1. The van der Waals surface area contributed by atoms with Gasteiger partial charge in [-0.15, -0.1) is 24.0 Å². The third-order valence-electron chi connectivity index (χ3n) is 6.23. The van der Waals surface area contributed by atoms with Gasteiger partial charge in [0.15, 0.2) is 5.96 Å². The molecule has 2 saturated heterocycles. The molecule has 182 valence electrons. The van der Waals surface area contributed by atoms with Crippen molar-refractivity contribution in [2.75, 3.05) is 64.9 Å². The van der Waals surface area contributed by atoms with Crippen LogP contribution in [0.3, 0.4) is 0 Å². The van der Waals surface area contributed by atoms with Gasteiger partial charge in [-0.1, -0.05) is 0 Å². The lowest BCUT2D eigenvalue weighted by Gasteiger charge is -2.34. The van der Waals surface area contributed by atoms with Crippen LogP contribution in [0.2, 0.25) is 0 Å². The Labute approximate surface area is 211 Å². The lowest BCUT2D eigenvalue weighted by atomic mass is 10.0. The largest absolute Gasteiger partial charge is 0.497 e. The average Bonchev–Trinajstić information content (AvgIpc) is 3.32. The summed E-state index contributed by atoms with van der Waals surface area (Å²) in [5.41, 5.74) is 1.16. The van der Waals surface area contributed by atoms with Gasteiger partial charge in [-0.05, 0) is 65.1 Å². The number of hydrogen-bond donors (Lipinski definition) is 2. The molecule has 0 spiro atoms. The highest BCUT2D eigenvalue weighted by Crippen LogP contribution is 2.30. The minimum absolute atomic E-state index is 0. The van der Waals surface area contributed by atoms with Crippen LogP contribution in [0, 0.1) is 0 Å². The van der Waals surface area contributed by atoms with Gasteiger partial charge in [0.25, 0.3) is 0 Å². The number of rotatable bonds is 10. The highest BCUT2D eigenvalue weighted by molar-refractivity contribution is 14.0. The molecule has 0 aromatic heterocycles. The second-order valence-electron chi connectivity index (χ2n) is 8.49. The number of hydrogen-bond acceptors (Lipinski definition) is 5. The van der Waals surface area contributed by atoms with E-state index in [1.165, 1.54) is 38.9 Å². The van der Waals surface area contributed by atoms with Gasteiger partial charge in [-0.25, -0.2) is 0 Å². The van der Waals surface area contributed by atoms with E-state index in [2.05, 4.69) is 39.5 Å². The van der Waals surface area contributed by atoms with Gasteiger partial charge in [0, 0.05) is 56.1 Å². The van der Waals surface area contributed by atoms with Crippen LogP contribution in [0.5, 0.6) is 11.5 Å². The molecule has 3 rings (SSSR count). The molecule has 2 aliphatic rings. The van der Waals surface area contributed by atoms with Gasteiger partial charge < -0.3 is 29.9 Å². The molecule has 0 aliphatic carbocycles. The van der Waals surface area contributed by atoms with Crippen LogP contribution in [-0.4, -0.2) is 76.9 Å². The molecule has 2 heterocycles. The quantitative estimate of drug-likeness (QED) is 0.197. The Morgan fingerprint density at radius 1 is 1.00 bits per heavy atom. The van der Waals surface area contributed by atoms with Gasteiger partial charge in [0.1, 0.15) is 11.5 Å². The van der Waals surface area contributed by atoms with E-state index in [1.54, 1.807) is 14.2 Å². The molecule has 2 fully saturated rings. The van der Waals surface area contributed by atoms with E-state index < -0.39 is 0 Å². The molecule has 1 aromatic rings. The van der Waals surface area contributed by atoms with Crippen LogP contribution < -0.4 is 25.0 Å². The smallest absolute Gasteiger partial charge is 0.191 e. The summed E-state index contributed by atoms with van der Waals surface area (Å²) < 4.78 is 10.9. The molecule has 1 aromatic carbocycles. The summed E-state index contributed by atoms with van der Waals surface area (Å²) in [4.78, 5) is 9.81. The fourth-order valence-corrected chi connectivity index (χ4v) is 4.41. The predicted octanol–water partition coefficient (Wildman–Crippen LogP) is 3.72. The number of guanidine groups is 1. The third-order valence-corrected chi connectivity index (χ3v) is 6.23. The standard InChI is InChI=1S/C24H41N5O2.HI/c1-4-25-24(26-11-5-6-12-28-13-7-8-14-28)27-20-9-15-29(16-10-20)21-17-22(30-2)19-23(18-21)31-3;/h17-20H,4-16H2,1-3H3,(H2,25,26,27);1H. The van der Waals surface area contributed by atoms with Crippen LogP contribution in [0.15, 0.2) is 23.2 Å². The Bertz CT molecular complexity index is 667. The molecular weight excluding hydrogens is 517 g/mol. The molecule has 8 heteroatoms. The number of piperidine rings is 1. The lowest BCUT2D eigenvalue weighted by Crippen LogP contribution is -2.48. The van der Waals surface area contributed by atoms with Gasteiger partial charge >= 0.3 is 0 Å². The molecule has 0 bridgehead atoms. The zero-order chi connectivity index (χ0) is 21.9. The number of halogens is 1. The molecular formula is C24H42IN5O2. The van der Waals surface area contributed by atoms with Gasteiger partial charge in [0.05, 0.1) is 14.2 Å². The average molecular weight is 560 g/mol. The minimum Gasteiger partial charge on any atom is -0.497 e. The van der Waals surface area contributed by atoms with Crippen LogP contribution >= 0.6 is 24.0 Å². The first kappa shape index (κ1) is 26.8. The number of unbranched alkanes of at least 4 members (excludes halogenated alkanes) is 1. The molecule has 7 nitrogen and oxygen atoms in total. The van der Waals surface area contributed by atoms with Crippen molar-refractivity contribution in [3.8, 4) is 11.5 Å². The second kappa shape index (κ2) is 14.7. The van der Waals surface area contributed by atoms with E-state index >= 15 is 0 Å². The first-order valence-corrected chi connectivity index (χ1v) is 12.0. The van der Waals surface area contributed by atoms with E-state index in [9.17, 15) is 0 Å². The van der Waals surface area contributed by atoms with E-state index in [-0.39, 0.29) is 24.0 Å². The van der Waals surface area contributed by atoms with E-state index in [0.717, 1.165) is 68.6 Å². The number of anilines is 1. The Kier molecular flexibility index (Phi) is 12.3. The Hall–Kier alpha value is -1.42. The Morgan fingerprint density at radius 2 is 1.66 bits per heavy atom. The van der Waals surface area contributed by atoms with Gasteiger partial charge in [-0.2, -0.15) is 0 Å². The summed E-state index contributed by atoms with van der Waals surface area (Å²) in [6.45, 7) is 9.72. The van der Waals surface area contributed by atoms with Gasteiger partial charge in [0.2, 0.25) is 0 Å². The molecule has 0 amide bonds. The summed E-state index contributed by atoms with van der Waals surface area (Å²) in [7, 11) is 3.39. The highest BCUT2D eigenvalue weighted by Gasteiger charge is 2.21. The molecule has 0 radical (unpaired) electrons. The van der Waals surface area contributed by atoms with E-state index in [1.807, 2.05) is 6.07 Å². The van der Waals surface area contributed by atoms with Crippen molar-refractivity contribution in [3.05, 3.63) is 18.2 Å². The molecule has 0 atom stereocenters. The molecule has 2 N–H and O–H groups in total. The van der Waals surface area contributed by atoms with Crippen LogP contribution in [0.25, 0.3) is 0 Å². The fourth-order valence-electron chi connectivity index (χ4n) is 4.41. The van der Waals surface area contributed by atoms with Crippen molar-refractivity contribution in [1.82, 2.24) is 15.5 Å². The Morgan fingerprint density at radius 3 is 2.25 bits per heavy atom. The second-order valence-corrected chi connectivity index (χ2v) is 8.49. The number of nitrogens with one attached hydrogen (secondary N) is 2. The van der Waals surface area contributed by atoms with E-state index in [0.29, 0.717) is 6.04 Å². The summed E-state index contributed by atoms with van der Waals surface area (Å²) in [5, 5.41) is 7.08. The minimum atomic E-state index is 0. The first-order chi connectivity index (χ1) is 15.2. The monoisotopic (exact) mass is 559 g/mol. The van der Waals surface area contributed by atoms with Crippen molar-refractivity contribution < 1.29 is 9.47 Å². The SMILES string of the molecule is CCNC(=NCCCCN1CCCC1)NC1CCN(c2cc(OC)cc(OC)c2)CC1.I. The summed E-state index contributed by atoms with van der Waals surface area (Å²) in [6.07, 6.45) is 7.31. The summed E-state index contributed by atoms with van der Waals surface area (Å²) >= 11 is 0. The molecule has 0 saturated carbocycles. The van der Waals surface area contributed by atoms with Crippen LogP contribution in [0.1, 0.15) is 45.4 Å². The topological polar surface area (TPSA) is 61.4 Å². The lowest BCUT2D eigenvalue weighted by molar-refractivity contribution is 0.331. The van der Waals surface area contributed by atoms with E-state index in [4.69, 9.17) is 14.5 Å². The summed E-state index contributed by atoms with van der Waals surface area (Å²) in [5.74, 6) is 2.63. The maximum atomic E-state index is 5.43. The normalized spacial score (nSPS) is 17.7. The Balaban J connectivity index is 0.00000363. The van der Waals surface area contributed by atoms with Crippen molar-refractivity contribution in [3.63, 3.8) is 0 Å². The molecule has 32 heavy (non-hydrogen) atoms. The first-order valence-electron chi connectivity index (χ1n) is 12.0. The number of likely N-dealkylation sites (tertiary alicyclic amines) is 1. The van der Waals surface area contributed by atoms with Gasteiger partial charge in [-0.3, -0.25) is 4.99 Å².